The van der Waals surface area contributed by atoms with Crippen LogP contribution in [0.1, 0.15) is 41.5 Å². The Bertz CT molecular complexity index is 614. The van der Waals surface area contributed by atoms with E-state index in [4.69, 9.17) is 0 Å². The van der Waals surface area contributed by atoms with Crippen molar-refractivity contribution in [2.45, 2.75) is 20.8 Å². The van der Waals surface area contributed by atoms with Gasteiger partial charge in [-0.05, 0) is 11.1 Å². The van der Waals surface area contributed by atoms with Crippen LogP contribution in [0.5, 0.6) is 0 Å². The van der Waals surface area contributed by atoms with Gasteiger partial charge in [-0.25, -0.2) is 0 Å². The molecule has 102 valence electrons. The number of Topliss-reactive ketones (excluding diaryl/α,β-unsaturated/α-hetero) is 1. The third-order valence-electron chi connectivity index (χ3n) is 3.21. The molecule has 20 heavy (non-hydrogen) atoms. The van der Waals surface area contributed by atoms with Gasteiger partial charge in [-0.15, -0.1) is 0 Å². The summed E-state index contributed by atoms with van der Waals surface area (Å²) in [5.74, 6) is 0.139. The van der Waals surface area contributed by atoms with Crippen molar-refractivity contribution in [3.63, 3.8) is 0 Å². The molecule has 0 fully saturated rings. The number of carbonyl (C=O) groups is 2. The van der Waals surface area contributed by atoms with E-state index in [1.54, 1.807) is 12.1 Å². The molecular formula is C18H18O2. The Morgan fingerprint density at radius 2 is 1.30 bits per heavy atom. The zero-order valence-corrected chi connectivity index (χ0v) is 12.0. The van der Waals surface area contributed by atoms with Crippen molar-refractivity contribution < 1.29 is 9.59 Å². The standard InChI is InChI=1S/C18H18O2/c1-18(2,3)17(20)16-10-8-15(9-11-16)14-6-4-13(12-19)5-7-14/h4-12H,1-3H3. The molecule has 0 atom stereocenters. The summed E-state index contributed by atoms with van der Waals surface area (Å²) >= 11 is 0. The van der Waals surface area contributed by atoms with Gasteiger partial charge in [0, 0.05) is 16.5 Å². The summed E-state index contributed by atoms with van der Waals surface area (Å²) in [4.78, 5) is 22.8. The van der Waals surface area contributed by atoms with Gasteiger partial charge < -0.3 is 0 Å². The van der Waals surface area contributed by atoms with E-state index in [2.05, 4.69) is 0 Å². The largest absolute Gasteiger partial charge is 0.298 e. The van der Waals surface area contributed by atoms with E-state index < -0.39 is 0 Å². The summed E-state index contributed by atoms with van der Waals surface area (Å²) in [6.07, 6.45) is 0.828. The molecule has 0 radical (unpaired) electrons. The number of rotatable bonds is 3. The number of hydrogen-bond donors (Lipinski definition) is 0. The third kappa shape index (κ3) is 3.02. The second-order valence-electron chi connectivity index (χ2n) is 5.90. The van der Waals surface area contributed by atoms with E-state index in [9.17, 15) is 9.59 Å². The molecule has 0 aromatic heterocycles. The Morgan fingerprint density at radius 1 is 0.850 bits per heavy atom. The highest BCUT2D eigenvalue weighted by molar-refractivity contribution is 6.00. The van der Waals surface area contributed by atoms with Crippen LogP contribution in [-0.4, -0.2) is 12.1 Å². The molecule has 0 N–H and O–H groups in total. The first-order valence-electron chi connectivity index (χ1n) is 6.62. The summed E-state index contributed by atoms with van der Waals surface area (Å²) in [7, 11) is 0. The van der Waals surface area contributed by atoms with E-state index in [-0.39, 0.29) is 11.2 Å². The molecule has 0 unspecified atom stereocenters. The number of aldehydes is 1. The summed E-state index contributed by atoms with van der Waals surface area (Å²) < 4.78 is 0. The molecule has 2 aromatic rings. The fourth-order valence-corrected chi connectivity index (χ4v) is 2.00. The molecule has 0 aliphatic rings. The second-order valence-corrected chi connectivity index (χ2v) is 5.90. The van der Waals surface area contributed by atoms with E-state index >= 15 is 0 Å². The monoisotopic (exact) mass is 266 g/mol. The fraction of sp³-hybridized carbons (Fsp3) is 0.222. The van der Waals surface area contributed by atoms with Crippen molar-refractivity contribution in [2.75, 3.05) is 0 Å². The van der Waals surface area contributed by atoms with Crippen LogP contribution in [0.15, 0.2) is 48.5 Å². The van der Waals surface area contributed by atoms with Crippen LogP contribution >= 0.6 is 0 Å². The quantitative estimate of drug-likeness (QED) is 0.609. The van der Waals surface area contributed by atoms with Gasteiger partial charge in [0.2, 0.25) is 0 Å². The molecule has 2 aromatic carbocycles. The molecule has 2 rings (SSSR count). The van der Waals surface area contributed by atoms with Crippen LogP contribution in [0, 0.1) is 5.41 Å². The predicted molar refractivity (Wildman–Crippen MR) is 81.1 cm³/mol. The highest BCUT2D eigenvalue weighted by atomic mass is 16.1. The third-order valence-corrected chi connectivity index (χ3v) is 3.21. The van der Waals surface area contributed by atoms with Crippen molar-refractivity contribution in [2.24, 2.45) is 5.41 Å². The zero-order valence-electron chi connectivity index (χ0n) is 12.0. The lowest BCUT2D eigenvalue weighted by molar-refractivity contribution is 0.0858. The van der Waals surface area contributed by atoms with Crippen molar-refractivity contribution in [3.05, 3.63) is 59.7 Å². The molecule has 0 saturated heterocycles. The van der Waals surface area contributed by atoms with Crippen molar-refractivity contribution in [1.29, 1.82) is 0 Å². The Labute approximate surface area is 119 Å². The van der Waals surface area contributed by atoms with E-state index in [0.717, 1.165) is 23.0 Å². The molecule has 0 heterocycles. The van der Waals surface area contributed by atoms with Crippen LogP contribution in [0.2, 0.25) is 0 Å². The lowest BCUT2D eigenvalue weighted by Crippen LogP contribution is -2.19. The van der Waals surface area contributed by atoms with E-state index in [1.807, 2.05) is 57.2 Å². The molecule has 0 bridgehead atoms. The van der Waals surface area contributed by atoms with Gasteiger partial charge in [0.15, 0.2) is 5.78 Å². The SMILES string of the molecule is CC(C)(C)C(=O)c1ccc(-c2ccc(C=O)cc2)cc1. The topological polar surface area (TPSA) is 34.1 Å². The molecular weight excluding hydrogens is 248 g/mol. The second kappa shape index (κ2) is 5.41. The highest BCUT2D eigenvalue weighted by Gasteiger charge is 2.22. The minimum atomic E-state index is -0.368. The van der Waals surface area contributed by atoms with Gasteiger partial charge in [0.1, 0.15) is 6.29 Å². The average Bonchev–Trinajstić information content (AvgIpc) is 2.46. The lowest BCUT2D eigenvalue weighted by atomic mass is 9.86. The summed E-state index contributed by atoms with van der Waals surface area (Å²) in [6, 6.07) is 15.0. The molecule has 0 aliphatic carbocycles. The van der Waals surface area contributed by atoms with Crippen LogP contribution < -0.4 is 0 Å². The van der Waals surface area contributed by atoms with Crippen LogP contribution in [0.3, 0.4) is 0 Å². The van der Waals surface area contributed by atoms with Gasteiger partial charge in [-0.2, -0.15) is 0 Å². The summed E-state index contributed by atoms with van der Waals surface area (Å²) in [6.45, 7) is 5.75. The van der Waals surface area contributed by atoms with Gasteiger partial charge in [0.25, 0.3) is 0 Å². The van der Waals surface area contributed by atoms with E-state index in [0.29, 0.717) is 5.56 Å². The summed E-state index contributed by atoms with van der Waals surface area (Å²) in [5, 5.41) is 0. The van der Waals surface area contributed by atoms with Gasteiger partial charge >= 0.3 is 0 Å². The van der Waals surface area contributed by atoms with Crippen LogP contribution in [0.4, 0.5) is 0 Å². The first kappa shape index (κ1) is 14.2. The number of hydrogen-bond acceptors (Lipinski definition) is 2. The molecule has 0 amide bonds. The normalized spacial score (nSPS) is 11.2. The minimum absolute atomic E-state index is 0.139. The Balaban J connectivity index is 2.27. The number of carbonyl (C=O) groups excluding carboxylic acids is 2. The first-order chi connectivity index (χ1) is 9.41. The van der Waals surface area contributed by atoms with Gasteiger partial charge in [-0.1, -0.05) is 69.3 Å². The maximum Gasteiger partial charge on any atom is 0.168 e. The molecule has 2 heteroatoms. The number of ketones is 1. The molecule has 0 saturated carbocycles. The lowest BCUT2D eigenvalue weighted by Gasteiger charge is -2.16. The maximum absolute atomic E-state index is 12.2. The average molecular weight is 266 g/mol. The minimum Gasteiger partial charge on any atom is -0.298 e. The zero-order chi connectivity index (χ0) is 14.8. The molecule has 0 spiro atoms. The first-order valence-corrected chi connectivity index (χ1v) is 6.62. The van der Waals surface area contributed by atoms with Gasteiger partial charge in [-0.3, -0.25) is 9.59 Å². The van der Waals surface area contributed by atoms with Gasteiger partial charge in [0.05, 0.1) is 0 Å². The highest BCUT2D eigenvalue weighted by Crippen LogP contribution is 2.24. The maximum atomic E-state index is 12.2. The molecule has 2 nitrogen and oxygen atoms in total. The number of benzene rings is 2. The Kier molecular flexibility index (Phi) is 3.84. The Morgan fingerprint density at radius 3 is 1.70 bits per heavy atom. The van der Waals surface area contributed by atoms with Crippen molar-refractivity contribution in [3.8, 4) is 11.1 Å². The van der Waals surface area contributed by atoms with Crippen LogP contribution in [-0.2, 0) is 0 Å². The predicted octanol–water partition coefficient (Wildman–Crippen LogP) is 4.39. The molecule has 0 aliphatic heterocycles. The van der Waals surface area contributed by atoms with Crippen LogP contribution in [0.25, 0.3) is 11.1 Å². The van der Waals surface area contributed by atoms with E-state index in [1.165, 1.54) is 0 Å². The smallest absolute Gasteiger partial charge is 0.168 e. The summed E-state index contributed by atoms with van der Waals surface area (Å²) in [5.41, 5.74) is 3.09. The van der Waals surface area contributed by atoms with Crippen molar-refractivity contribution >= 4 is 12.1 Å². The Hall–Kier alpha value is -2.22. The fourth-order valence-electron chi connectivity index (χ4n) is 2.00. The van der Waals surface area contributed by atoms with Crippen molar-refractivity contribution in [1.82, 2.24) is 0 Å².